The molecule has 1 unspecified atom stereocenters. The first kappa shape index (κ1) is 20.4. The van der Waals surface area contributed by atoms with Gasteiger partial charge in [0, 0.05) is 33.3 Å². The first-order chi connectivity index (χ1) is 14.0. The Balaban J connectivity index is 1.59. The number of hydrogen-bond acceptors (Lipinski definition) is 5. The van der Waals surface area contributed by atoms with Gasteiger partial charge in [0.1, 0.15) is 0 Å². The van der Waals surface area contributed by atoms with E-state index in [1.165, 1.54) is 4.90 Å². The molecule has 1 fully saturated rings. The minimum Gasteiger partial charge on any atom is -0.493 e. The van der Waals surface area contributed by atoms with Crippen LogP contribution in [-0.2, 0) is 4.79 Å². The minimum atomic E-state index is -0.239. The highest BCUT2D eigenvalue weighted by Crippen LogP contribution is 2.30. The average Bonchev–Trinajstić information content (AvgIpc) is 2.75. The van der Waals surface area contributed by atoms with E-state index in [-0.39, 0.29) is 17.9 Å². The SMILES string of the molecule is COc1ccccc1Oc1ccc(NC(=O)C2CCCN(C(=O)N(C)C)C2)cn1. The third kappa shape index (κ3) is 5.16. The van der Waals surface area contributed by atoms with Gasteiger partial charge >= 0.3 is 6.03 Å². The van der Waals surface area contributed by atoms with Gasteiger partial charge in [-0.05, 0) is 31.0 Å². The van der Waals surface area contributed by atoms with Gasteiger partial charge in [0.05, 0.1) is 24.9 Å². The number of nitrogens with one attached hydrogen (secondary N) is 1. The van der Waals surface area contributed by atoms with Gasteiger partial charge in [0.15, 0.2) is 11.5 Å². The van der Waals surface area contributed by atoms with Gasteiger partial charge in [0.2, 0.25) is 11.8 Å². The maximum absolute atomic E-state index is 12.6. The number of hydrogen-bond donors (Lipinski definition) is 1. The molecule has 1 aromatic carbocycles. The molecular weight excluding hydrogens is 372 g/mol. The number of carbonyl (C=O) groups excluding carboxylic acids is 2. The van der Waals surface area contributed by atoms with Crippen molar-refractivity contribution < 1.29 is 19.1 Å². The molecule has 2 aromatic rings. The number of carbonyl (C=O) groups is 2. The van der Waals surface area contributed by atoms with Gasteiger partial charge in [-0.3, -0.25) is 4.79 Å². The average molecular weight is 398 g/mol. The lowest BCUT2D eigenvalue weighted by Gasteiger charge is -2.33. The molecule has 8 heteroatoms. The summed E-state index contributed by atoms with van der Waals surface area (Å²) >= 11 is 0. The third-order valence-electron chi connectivity index (χ3n) is 4.73. The van der Waals surface area contributed by atoms with Crippen LogP contribution in [0.3, 0.4) is 0 Å². The van der Waals surface area contributed by atoms with Crippen molar-refractivity contribution in [3.63, 3.8) is 0 Å². The van der Waals surface area contributed by atoms with Crippen LogP contribution in [0, 0.1) is 5.92 Å². The molecule has 0 bridgehead atoms. The van der Waals surface area contributed by atoms with Crippen LogP contribution in [0.2, 0.25) is 0 Å². The maximum atomic E-state index is 12.6. The second kappa shape index (κ2) is 9.27. The quantitative estimate of drug-likeness (QED) is 0.836. The zero-order chi connectivity index (χ0) is 20.8. The van der Waals surface area contributed by atoms with E-state index in [9.17, 15) is 9.59 Å². The highest BCUT2D eigenvalue weighted by atomic mass is 16.5. The summed E-state index contributed by atoms with van der Waals surface area (Å²) < 4.78 is 11.0. The summed E-state index contributed by atoms with van der Waals surface area (Å²) in [6.07, 6.45) is 3.11. The Labute approximate surface area is 170 Å². The lowest BCUT2D eigenvalue weighted by Crippen LogP contribution is -2.47. The van der Waals surface area contributed by atoms with Gasteiger partial charge < -0.3 is 24.6 Å². The molecule has 3 amide bonds. The first-order valence-corrected chi connectivity index (χ1v) is 9.52. The van der Waals surface area contributed by atoms with Crippen molar-refractivity contribution in [2.75, 3.05) is 39.6 Å². The molecule has 0 aliphatic carbocycles. The number of ether oxygens (including phenoxy) is 2. The number of rotatable bonds is 5. The summed E-state index contributed by atoms with van der Waals surface area (Å²) in [7, 11) is 5.01. The topological polar surface area (TPSA) is 84.0 Å². The smallest absolute Gasteiger partial charge is 0.319 e. The Morgan fingerprint density at radius 1 is 1.17 bits per heavy atom. The minimum absolute atomic E-state index is 0.0676. The molecule has 1 N–H and O–H groups in total. The molecular formula is C21H26N4O4. The van der Waals surface area contributed by atoms with Crippen LogP contribution in [0.1, 0.15) is 12.8 Å². The second-order valence-electron chi connectivity index (χ2n) is 7.09. The second-order valence-corrected chi connectivity index (χ2v) is 7.09. The summed E-state index contributed by atoms with van der Waals surface area (Å²) in [6.45, 7) is 1.10. The molecule has 1 aliphatic heterocycles. The van der Waals surface area contributed by atoms with Crippen LogP contribution >= 0.6 is 0 Å². The fraction of sp³-hybridized carbons (Fsp3) is 0.381. The fourth-order valence-corrected chi connectivity index (χ4v) is 3.22. The number of piperidine rings is 1. The highest BCUT2D eigenvalue weighted by Gasteiger charge is 2.29. The normalized spacial score (nSPS) is 16.1. The van der Waals surface area contributed by atoms with Crippen LogP contribution in [0.5, 0.6) is 17.4 Å². The Hall–Kier alpha value is -3.29. The Morgan fingerprint density at radius 3 is 2.59 bits per heavy atom. The van der Waals surface area contributed by atoms with Crippen molar-refractivity contribution in [1.29, 1.82) is 0 Å². The molecule has 29 heavy (non-hydrogen) atoms. The Morgan fingerprint density at radius 2 is 1.93 bits per heavy atom. The zero-order valence-electron chi connectivity index (χ0n) is 16.9. The highest BCUT2D eigenvalue weighted by molar-refractivity contribution is 5.93. The summed E-state index contributed by atoms with van der Waals surface area (Å²) in [5.41, 5.74) is 0.582. The van der Waals surface area contributed by atoms with E-state index < -0.39 is 0 Å². The van der Waals surface area contributed by atoms with E-state index in [1.54, 1.807) is 56.6 Å². The van der Waals surface area contributed by atoms with Crippen LogP contribution in [0.4, 0.5) is 10.5 Å². The molecule has 1 aromatic heterocycles. The summed E-state index contributed by atoms with van der Waals surface area (Å²) in [4.78, 5) is 32.3. The van der Waals surface area contributed by atoms with E-state index in [1.807, 2.05) is 12.1 Å². The van der Waals surface area contributed by atoms with Gasteiger partial charge in [-0.1, -0.05) is 12.1 Å². The molecule has 0 saturated carbocycles. The molecule has 1 saturated heterocycles. The van der Waals surface area contributed by atoms with Crippen LogP contribution in [0.25, 0.3) is 0 Å². The zero-order valence-corrected chi connectivity index (χ0v) is 16.9. The predicted molar refractivity (Wildman–Crippen MR) is 109 cm³/mol. The molecule has 1 atom stereocenters. The van der Waals surface area contributed by atoms with Gasteiger partial charge in [-0.25, -0.2) is 9.78 Å². The van der Waals surface area contributed by atoms with Gasteiger partial charge in [0.25, 0.3) is 0 Å². The maximum Gasteiger partial charge on any atom is 0.319 e. The van der Waals surface area contributed by atoms with E-state index in [4.69, 9.17) is 9.47 Å². The van der Waals surface area contributed by atoms with Crippen molar-refractivity contribution in [3.8, 4) is 17.4 Å². The number of nitrogens with zero attached hydrogens (tertiary/aromatic N) is 3. The first-order valence-electron chi connectivity index (χ1n) is 9.52. The van der Waals surface area contributed by atoms with Gasteiger partial charge in [-0.2, -0.15) is 0 Å². The lowest BCUT2D eigenvalue weighted by molar-refractivity contribution is -0.121. The number of amides is 3. The summed E-state index contributed by atoms with van der Waals surface area (Å²) in [5.74, 6) is 1.22. The number of likely N-dealkylation sites (tertiary alicyclic amines) is 1. The number of methoxy groups -OCH3 is 1. The van der Waals surface area contributed by atoms with Crippen LogP contribution in [-0.4, -0.2) is 61.0 Å². The molecule has 1 aliphatic rings. The fourth-order valence-electron chi connectivity index (χ4n) is 3.22. The largest absolute Gasteiger partial charge is 0.493 e. The molecule has 154 valence electrons. The molecule has 0 radical (unpaired) electrons. The number of pyridine rings is 1. The molecule has 2 heterocycles. The summed E-state index contributed by atoms with van der Waals surface area (Å²) in [6, 6.07) is 10.7. The predicted octanol–water partition coefficient (Wildman–Crippen LogP) is 3.21. The number of benzene rings is 1. The monoisotopic (exact) mass is 398 g/mol. The number of anilines is 1. The van der Waals surface area contributed by atoms with Crippen LogP contribution < -0.4 is 14.8 Å². The number of urea groups is 1. The van der Waals surface area contributed by atoms with E-state index in [2.05, 4.69) is 10.3 Å². The number of para-hydroxylation sites is 2. The van der Waals surface area contributed by atoms with Crippen molar-refractivity contribution in [2.24, 2.45) is 5.92 Å². The molecule has 8 nitrogen and oxygen atoms in total. The standard InChI is InChI=1S/C21H26N4O4/c1-24(2)21(27)25-12-6-7-15(14-25)20(26)23-16-10-11-19(22-13-16)29-18-9-5-4-8-17(18)28-3/h4-5,8-11,13,15H,6-7,12,14H2,1-3H3,(H,23,26). The molecule has 0 spiro atoms. The molecule has 3 rings (SSSR count). The van der Waals surface area contributed by atoms with Crippen molar-refractivity contribution in [2.45, 2.75) is 12.8 Å². The van der Waals surface area contributed by atoms with Crippen molar-refractivity contribution in [3.05, 3.63) is 42.6 Å². The van der Waals surface area contributed by atoms with Crippen molar-refractivity contribution in [1.82, 2.24) is 14.8 Å². The summed E-state index contributed by atoms with van der Waals surface area (Å²) in [5, 5.41) is 2.88. The van der Waals surface area contributed by atoms with Crippen LogP contribution in [0.15, 0.2) is 42.6 Å². The van der Waals surface area contributed by atoms with Gasteiger partial charge in [-0.15, -0.1) is 0 Å². The lowest BCUT2D eigenvalue weighted by atomic mass is 9.97. The van der Waals surface area contributed by atoms with Crippen molar-refractivity contribution >= 4 is 17.6 Å². The van der Waals surface area contributed by atoms with E-state index >= 15 is 0 Å². The third-order valence-corrected chi connectivity index (χ3v) is 4.73. The Kier molecular flexibility index (Phi) is 6.54. The van der Waals surface area contributed by atoms with E-state index in [0.29, 0.717) is 36.2 Å². The number of aromatic nitrogens is 1. The van der Waals surface area contributed by atoms with E-state index in [0.717, 1.165) is 12.8 Å². The Bertz CT molecular complexity index is 854.